The van der Waals surface area contributed by atoms with Crippen LogP contribution in [0, 0.1) is 16.0 Å². The number of carbonyl (C=O) groups is 1. The van der Waals surface area contributed by atoms with E-state index < -0.39 is 12.0 Å². The smallest absolute Gasteiger partial charge is 0.237 e. The molecule has 0 aliphatic rings. The third-order valence-electron chi connectivity index (χ3n) is 4.17. The fraction of sp³-hybridized carbons (Fsp3) is 0.316. The predicted molar refractivity (Wildman–Crippen MR) is 94.3 cm³/mol. The van der Waals surface area contributed by atoms with Gasteiger partial charge in [0.15, 0.2) is 0 Å². The van der Waals surface area contributed by atoms with Gasteiger partial charge in [0, 0.05) is 17.0 Å². The quantitative estimate of drug-likeness (QED) is 0.572. The molecule has 0 saturated carbocycles. The monoisotopic (exact) mass is 326 g/mol. The maximum absolute atomic E-state index is 13.0. The number of rotatable bonds is 7. The van der Waals surface area contributed by atoms with Crippen molar-refractivity contribution in [3.8, 4) is 0 Å². The number of hydrogen-bond acceptors (Lipinski definition) is 3. The molecule has 126 valence electrons. The van der Waals surface area contributed by atoms with Gasteiger partial charge in [-0.1, -0.05) is 55.5 Å². The average molecular weight is 326 g/mol. The van der Waals surface area contributed by atoms with Crippen molar-refractivity contribution in [2.45, 2.75) is 32.9 Å². The van der Waals surface area contributed by atoms with E-state index >= 15 is 0 Å². The van der Waals surface area contributed by atoms with Gasteiger partial charge in [-0.05, 0) is 24.6 Å². The van der Waals surface area contributed by atoms with E-state index in [1.54, 1.807) is 18.7 Å². The van der Waals surface area contributed by atoms with Crippen molar-refractivity contribution < 1.29 is 9.72 Å². The molecule has 24 heavy (non-hydrogen) atoms. The summed E-state index contributed by atoms with van der Waals surface area (Å²) in [6.07, 6.45) is 0.327. The van der Waals surface area contributed by atoms with Gasteiger partial charge in [0.05, 0.1) is 6.54 Å². The van der Waals surface area contributed by atoms with Crippen LogP contribution >= 0.6 is 0 Å². The summed E-state index contributed by atoms with van der Waals surface area (Å²) in [5, 5.41) is 11.2. The molecule has 0 N–H and O–H groups in total. The molecule has 0 radical (unpaired) electrons. The Morgan fingerprint density at radius 1 is 1.08 bits per heavy atom. The predicted octanol–water partition coefficient (Wildman–Crippen LogP) is 3.91. The van der Waals surface area contributed by atoms with Gasteiger partial charge in [-0.2, -0.15) is 0 Å². The van der Waals surface area contributed by atoms with Crippen molar-refractivity contribution in [3.63, 3.8) is 0 Å². The van der Waals surface area contributed by atoms with Crippen molar-refractivity contribution >= 4 is 11.6 Å². The maximum atomic E-state index is 13.0. The van der Waals surface area contributed by atoms with Gasteiger partial charge in [-0.25, -0.2) is 0 Å². The minimum atomic E-state index is -0.875. The van der Waals surface area contributed by atoms with E-state index in [2.05, 4.69) is 0 Å². The number of para-hydroxylation sites is 1. The van der Waals surface area contributed by atoms with Crippen LogP contribution in [0.5, 0.6) is 0 Å². The molecule has 0 aliphatic carbocycles. The SMILES string of the molecule is CC[C@@H]([C@@H](C)C(=O)N(Cc1ccccc1)c1ccccc1)[N+](=O)[O-]. The molecule has 0 spiro atoms. The van der Waals surface area contributed by atoms with E-state index in [-0.39, 0.29) is 10.8 Å². The highest BCUT2D eigenvalue weighted by Gasteiger charge is 2.35. The first-order valence-electron chi connectivity index (χ1n) is 8.08. The fourth-order valence-electron chi connectivity index (χ4n) is 2.77. The lowest BCUT2D eigenvalue weighted by Gasteiger charge is -2.27. The second kappa shape index (κ2) is 8.24. The number of anilines is 1. The van der Waals surface area contributed by atoms with Crippen LogP contribution in [0.25, 0.3) is 0 Å². The average Bonchev–Trinajstić information content (AvgIpc) is 2.61. The third kappa shape index (κ3) is 4.19. The summed E-state index contributed by atoms with van der Waals surface area (Å²) < 4.78 is 0. The Morgan fingerprint density at radius 3 is 2.12 bits per heavy atom. The third-order valence-corrected chi connectivity index (χ3v) is 4.17. The molecule has 0 fully saturated rings. The number of carbonyl (C=O) groups excluding carboxylic acids is 1. The lowest BCUT2D eigenvalue weighted by Crippen LogP contribution is -2.42. The molecule has 2 atom stereocenters. The van der Waals surface area contributed by atoms with Gasteiger partial charge in [-0.3, -0.25) is 14.9 Å². The molecule has 0 aromatic heterocycles. The highest BCUT2D eigenvalue weighted by molar-refractivity contribution is 5.95. The molecule has 2 rings (SSSR count). The van der Waals surface area contributed by atoms with Gasteiger partial charge in [0.2, 0.25) is 11.9 Å². The van der Waals surface area contributed by atoms with Crippen LogP contribution in [-0.4, -0.2) is 16.9 Å². The summed E-state index contributed by atoms with van der Waals surface area (Å²) in [6, 6.07) is 18.0. The molecule has 0 unspecified atom stereocenters. The molecule has 2 aromatic carbocycles. The van der Waals surface area contributed by atoms with E-state index in [1.165, 1.54) is 0 Å². The van der Waals surface area contributed by atoms with E-state index in [1.807, 2.05) is 60.7 Å². The Kier molecular flexibility index (Phi) is 6.07. The van der Waals surface area contributed by atoms with Crippen LogP contribution < -0.4 is 4.90 Å². The second-order valence-electron chi connectivity index (χ2n) is 5.80. The van der Waals surface area contributed by atoms with Crippen LogP contribution in [0.1, 0.15) is 25.8 Å². The molecule has 0 heterocycles. The maximum Gasteiger partial charge on any atom is 0.237 e. The molecule has 0 saturated heterocycles. The van der Waals surface area contributed by atoms with Gasteiger partial charge in [0.25, 0.3) is 0 Å². The van der Waals surface area contributed by atoms with Crippen LogP contribution in [0.2, 0.25) is 0 Å². The van der Waals surface area contributed by atoms with Crippen LogP contribution in [-0.2, 0) is 11.3 Å². The summed E-state index contributed by atoms with van der Waals surface area (Å²) in [5.74, 6) is -0.914. The molecule has 2 aromatic rings. The normalized spacial score (nSPS) is 13.1. The summed E-state index contributed by atoms with van der Waals surface area (Å²) >= 11 is 0. The zero-order valence-corrected chi connectivity index (χ0v) is 14.0. The standard InChI is InChI=1S/C19H22N2O3/c1-3-18(21(23)24)15(2)19(22)20(17-12-8-5-9-13-17)14-16-10-6-4-7-11-16/h4-13,15,18H,3,14H2,1-2H3/t15-,18+/m1/s1. The number of hydrogen-bond donors (Lipinski definition) is 0. The van der Waals surface area contributed by atoms with Crippen LogP contribution in [0.15, 0.2) is 60.7 Å². The zero-order chi connectivity index (χ0) is 17.5. The molecular formula is C19H22N2O3. The highest BCUT2D eigenvalue weighted by atomic mass is 16.6. The van der Waals surface area contributed by atoms with Crippen LogP contribution in [0.3, 0.4) is 0 Å². The van der Waals surface area contributed by atoms with Crippen molar-refractivity contribution in [2.75, 3.05) is 4.90 Å². The number of benzene rings is 2. The Labute approximate surface area is 142 Å². The van der Waals surface area contributed by atoms with Crippen molar-refractivity contribution in [2.24, 2.45) is 5.92 Å². The summed E-state index contributed by atoms with van der Waals surface area (Å²) in [6.45, 7) is 3.77. The van der Waals surface area contributed by atoms with Gasteiger partial charge >= 0.3 is 0 Å². The molecule has 5 heteroatoms. The number of amides is 1. The zero-order valence-electron chi connectivity index (χ0n) is 14.0. The van der Waals surface area contributed by atoms with E-state index in [4.69, 9.17) is 0 Å². The lowest BCUT2D eigenvalue weighted by molar-refractivity contribution is -0.528. The summed E-state index contributed by atoms with van der Waals surface area (Å²) in [4.78, 5) is 25.5. The Hall–Kier alpha value is -2.69. The first-order valence-corrected chi connectivity index (χ1v) is 8.08. The largest absolute Gasteiger partial charge is 0.308 e. The summed E-state index contributed by atoms with van der Waals surface area (Å²) in [5.41, 5.74) is 1.73. The molecular weight excluding hydrogens is 304 g/mol. The summed E-state index contributed by atoms with van der Waals surface area (Å²) in [7, 11) is 0. The van der Waals surface area contributed by atoms with E-state index in [0.717, 1.165) is 11.3 Å². The Bertz CT molecular complexity index is 674. The van der Waals surface area contributed by atoms with Gasteiger partial charge < -0.3 is 4.90 Å². The minimum absolute atomic E-state index is 0.228. The van der Waals surface area contributed by atoms with Crippen molar-refractivity contribution in [1.29, 1.82) is 0 Å². The molecule has 1 amide bonds. The first kappa shape index (κ1) is 17.7. The van der Waals surface area contributed by atoms with Gasteiger partial charge in [0.1, 0.15) is 5.92 Å². The highest BCUT2D eigenvalue weighted by Crippen LogP contribution is 2.22. The molecule has 0 aliphatic heterocycles. The number of nitro groups is 1. The van der Waals surface area contributed by atoms with Crippen molar-refractivity contribution in [1.82, 2.24) is 0 Å². The Balaban J connectivity index is 2.31. The molecule has 0 bridgehead atoms. The second-order valence-corrected chi connectivity index (χ2v) is 5.80. The Morgan fingerprint density at radius 2 is 1.62 bits per heavy atom. The molecule has 5 nitrogen and oxygen atoms in total. The fourth-order valence-corrected chi connectivity index (χ4v) is 2.77. The van der Waals surface area contributed by atoms with Crippen molar-refractivity contribution in [3.05, 3.63) is 76.3 Å². The van der Waals surface area contributed by atoms with Gasteiger partial charge in [-0.15, -0.1) is 0 Å². The topological polar surface area (TPSA) is 63.5 Å². The number of nitrogens with zero attached hydrogens (tertiary/aromatic N) is 2. The van der Waals surface area contributed by atoms with E-state index in [9.17, 15) is 14.9 Å². The minimum Gasteiger partial charge on any atom is -0.308 e. The van der Waals surface area contributed by atoms with Crippen LogP contribution in [0.4, 0.5) is 5.69 Å². The van der Waals surface area contributed by atoms with E-state index in [0.29, 0.717) is 13.0 Å². The first-order chi connectivity index (χ1) is 11.5. The lowest BCUT2D eigenvalue weighted by atomic mass is 9.98.